The summed E-state index contributed by atoms with van der Waals surface area (Å²) in [6.07, 6.45) is 40.1. The van der Waals surface area contributed by atoms with Gasteiger partial charge in [0.25, 0.3) is 0 Å². The van der Waals surface area contributed by atoms with Crippen molar-refractivity contribution in [1.82, 2.24) is 0 Å². The second kappa shape index (κ2) is 29.7. The van der Waals surface area contributed by atoms with Crippen LogP contribution in [0.15, 0.2) is 48.5 Å². The molecule has 2 rings (SSSR count). The Labute approximate surface area is 326 Å². The van der Waals surface area contributed by atoms with Crippen molar-refractivity contribution in [1.29, 1.82) is 0 Å². The summed E-state index contributed by atoms with van der Waals surface area (Å²) in [7, 11) is 9.64. The van der Waals surface area contributed by atoms with Crippen LogP contribution in [0.3, 0.4) is 0 Å². The van der Waals surface area contributed by atoms with Crippen LogP contribution in [0.2, 0.25) is 0 Å². The van der Waals surface area contributed by atoms with Crippen LogP contribution in [-0.2, 0) is 13.1 Å². The summed E-state index contributed by atoms with van der Waals surface area (Å²) in [4.78, 5) is 0. The Morgan fingerprint density at radius 2 is 0.500 bits per heavy atom. The predicted molar refractivity (Wildman–Crippen MR) is 234 cm³/mol. The Bertz CT molecular complexity index is 979. The van der Waals surface area contributed by atoms with Gasteiger partial charge < -0.3 is 8.97 Å². The molecule has 2 aromatic rings. The zero-order valence-corrected chi connectivity index (χ0v) is 36.1. The molecule has 0 heterocycles. The topological polar surface area (TPSA) is 0 Å². The van der Waals surface area contributed by atoms with Crippen molar-refractivity contribution in [3.8, 4) is 11.1 Å². The summed E-state index contributed by atoms with van der Waals surface area (Å²) in [6.45, 7) is 9.39. The van der Waals surface area contributed by atoms with E-state index in [4.69, 9.17) is 0 Å². The highest BCUT2D eigenvalue weighted by Crippen LogP contribution is 2.23. The average molecular weight is 719 g/mol. The molecule has 0 aliphatic heterocycles. The van der Waals surface area contributed by atoms with Gasteiger partial charge in [0.2, 0.25) is 0 Å². The molecule has 0 spiro atoms. The van der Waals surface area contributed by atoms with Gasteiger partial charge in [-0.15, -0.1) is 0 Å². The molecule has 0 bridgehead atoms. The van der Waals surface area contributed by atoms with E-state index in [1.165, 1.54) is 215 Å². The van der Waals surface area contributed by atoms with Gasteiger partial charge in [-0.25, -0.2) is 0 Å². The molecule has 0 saturated heterocycles. The summed E-state index contributed by atoms with van der Waals surface area (Å²) >= 11 is 0. The van der Waals surface area contributed by atoms with E-state index in [0.717, 1.165) is 22.1 Å². The Hall–Kier alpha value is -1.64. The van der Waals surface area contributed by atoms with E-state index in [1.807, 2.05) is 0 Å². The van der Waals surface area contributed by atoms with Crippen molar-refractivity contribution in [2.45, 2.75) is 207 Å². The minimum absolute atomic E-state index is 1.08. The van der Waals surface area contributed by atoms with Gasteiger partial charge in [0, 0.05) is 11.1 Å². The molecule has 0 radical (unpaired) electrons. The number of hydrogen-bond donors (Lipinski definition) is 0. The SMILES string of the molecule is CCCCCCCCCCCCCCCC[N+](C)(C)Cc1ccc(-c2ccc(C[N+](C)(C)CCCCCCCCCCCCCCCC)cc2)cc1. The first-order chi connectivity index (χ1) is 25.2. The van der Waals surface area contributed by atoms with E-state index < -0.39 is 0 Å². The van der Waals surface area contributed by atoms with Crippen molar-refractivity contribution >= 4 is 0 Å². The van der Waals surface area contributed by atoms with E-state index in [1.54, 1.807) is 0 Å². The Kier molecular flexibility index (Phi) is 26.6. The maximum atomic E-state index is 2.41. The van der Waals surface area contributed by atoms with Crippen LogP contribution in [-0.4, -0.2) is 50.2 Å². The first-order valence-electron chi connectivity index (χ1n) is 23.1. The lowest BCUT2D eigenvalue weighted by Crippen LogP contribution is -2.39. The minimum Gasteiger partial charge on any atom is -0.325 e. The van der Waals surface area contributed by atoms with Gasteiger partial charge in [0.05, 0.1) is 41.3 Å². The standard InChI is InChI=1S/C50H90N2/c1-7-9-11-13-15-17-19-21-23-25-27-29-31-33-43-51(3,4)45-47-35-39-49(40-36-47)50-41-37-48(38-42-50)46-52(5,6)44-34-32-30-28-26-24-22-20-18-16-14-12-10-8-2/h35-42H,7-34,43-46H2,1-6H3/q+2. The molecule has 0 amide bonds. The molecule has 0 aliphatic rings. The van der Waals surface area contributed by atoms with Crippen LogP contribution >= 0.6 is 0 Å². The Balaban J connectivity index is 1.55. The zero-order chi connectivity index (χ0) is 37.6. The fourth-order valence-electron chi connectivity index (χ4n) is 8.22. The normalized spacial score (nSPS) is 12.2. The zero-order valence-electron chi connectivity index (χ0n) is 36.1. The molecule has 2 aromatic carbocycles. The molecule has 0 fully saturated rings. The van der Waals surface area contributed by atoms with Gasteiger partial charge in [0.1, 0.15) is 13.1 Å². The lowest BCUT2D eigenvalue weighted by atomic mass is 10.0. The number of rotatable bonds is 35. The summed E-state index contributed by atoms with van der Waals surface area (Å²) < 4.78 is 2.17. The number of benzene rings is 2. The van der Waals surface area contributed by atoms with Crippen LogP contribution in [0.25, 0.3) is 11.1 Å². The van der Waals surface area contributed by atoms with Gasteiger partial charge in [-0.05, 0) is 36.8 Å². The second-order valence-corrected chi connectivity index (χ2v) is 18.2. The van der Waals surface area contributed by atoms with E-state index in [0.29, 0.717) is 0 Å². The predicted octanol–water partition coefficient (Wildman–Crippen LogP) is 15.5. The third kappa shape index (κ3) is 24.6. The highest BCUT2D eigenvalue weighted by molar-refractivity contribution is 5.63. The Morgan fingerprint density at radius 3 is 0.731 bits per heavy atom. The first-order valence-corrected chi connectivity index (χ1v) is 23.1. The van der Waals surface area contributed by atoms with Crippen LogP contribution < -0.4 is 0 Å². The molecule has 0 aromatic heterocycles. The van der Waals surface area contributed by atoms with Crippen molar-refractivity contribution in [3.05, 3.63) is 59.7 Å². The number of hydrogen-bond acceptors (Lipinski definition) is 0. The molecule has 52 heavy (non-hydrogen) atoms. The van der Waals surface area contributed by atoms with Gasteiger partial charge in [0.15, 0.2) is 0 Å². The van der Waals surface area contributed by atoms with E-state index in [2.05, 4.69) is 90.6 Å². The molecule has 0 atom stereocenters. The lowest BCUT2D eigenvalue weighted by Gasteiger charge is -2.30. The smallest absolute Gasteiger partial charge is 0.104 e. The van der Waals surface area contributed by atoms with Crippen molar-refractivity contribution < 1.29 is 8.97 Å². The second-order valence-electron chi connectivity index (χ2n) is 18.2. The quantitative estimate of drug-likeness (QED) is 0.0492. The average Bonchev–Trinajstić information content (AvgIpc) is 3.12. The van der Waals surface area contributed by atoms with Crippen LogP contribution in [0, 0.1) is 0 Å². The van der Waals surface area contributed by atoms with E-state index in [-0.39, 0.29) is 0 Å². The van der Waals surface area contributed by atoms with Gasteiger partial charge in [-0.3, -0.25) is 0 Å². The summed E-state index contributed by atoms with van der Waals surface area (Å²) in [6, 6.07) is 18.8. The maximum Gasteiger partial charge on any atom is 0.104 e. The fourth-order valence-corrected chi connectivity index (χ4v) is 8.22. The van der Waals surface area contributed by atoms with Gasteiger partial charge in [-0.1, -0.05) is 216 Å². The highest BCUT2D eigenvalue weighted by atomic mass is 15.3. The van der Waals surface area contributed by atoms with Crippen LogP contribution in [0.5, 0.6) is 0 Å². The van der Waals surface area contributed by atoms with Crippen LogP contribution in [0.4, 0.5) is 0 Å². The van der Waals surface area contributed by atoms with Gasteiger partial charge >= 0.3 is 0 Å². The van der Waals surface area contributed by atoms with Crippen LogP contribution in [0.1, 0.15) is 205 Å². The van der Waals surface area contributed by atoms with Crippen molar-refractivity contribution in [2.24, 2.45) is 0 Å². The lowest BCUT2D eigenvalue weighted by molar-refractivity contribution is -0.903. The fraction of sp³-hybridized carbons (Fsp3) is 0.760. The molecule has 0 N–H and O–H groups in total. The molecule has 2 heteroatoms. The third-order valence-corrected chi connectivity index (χ3v) is 11.7. The summed E-state index contributed by atoms with van der Waals surface area (Å²) in [5.74, 6) is 0. The monoisotopic (exact) mass is 719 g/mol. The summed E-state index contributed by atoms with van der Waals surface area (Å²) in [5, 5.41) is 0. The highest BCUT2D eigenvalue weighted by Gasteiger charge is 2.17. The van der Waals surface area contributed by atoms with E-state index >= 15 is 0 Å². The molecule has 0 aliphatic carbocycles. The maximum absolute atomic E-state index is 2.41. The number of quaternary nitrogens is 2. The summed E-state index contributed by atoms with van der Waals surface area (Å²) in [5.41, 5.74) is 5.59. The number of unbranched alkanes of at least 4 members (excludes halogenated alkanes) is 26. The van der Waals surface area contributed by atoms with Gasteiger partial charge in [-0.2, -0.15) is 0 Å². The molecule has 2 nitrogen and oxygen atoms in total. The molecule has 298 valence electrons. The Morgan fingerprint density at radius 1 is 0.288 bits per heavy atom. The minimum atomic E-state index is 1.08. The molecular weight excluding hydrogens is 629 g/mol. The number of nitrogens with zero attached hydrogens (tertiary/aromatic N) is 2. The van der Waals surface area contributed by atoms with E-state index in [9.17, 15) is 0 Å². The molecule has 0 unspecified atom stereocenters. The largest absolute Gasteiger partial charge is 0.325 e. The first kappa shape index (κ1) is 46.5. The molecular formula is C50H90N2+2. The van der Waals surface area contributed by atoms with Crippen molar-refractivity contribution in [2.75, 3.05) is 41.3 Å². The molecule has 0 saturated carbocycles. The third-order valence-electron chi connectivity index (χ3n) is 11.7. The van der Waals surface area contributed by atoms with Crippen molar-refractivity contribution in [3.63, 3.8) is 0 Å².